The van der Waals surface area contributed by atoms with Gasteiger partial charge in [0.1, 0.15) is 36.3 Å². The number of carbonyl (C=O) groups is 9. The number of carbonyl (C=O) groups excluding carboxylic acids is 9. The van der Waals surface area contributed by atoms with E-state index in [-0.39, 0.29) is 123 Å². The summed E-state index contributed by atoms with van der Waals surface area (Å²) in [6.45, 7) is 17.9. The van der Waals surface area contributed by atoms with Crippen LogP contribution in [-0.2, 0) is 92.3 Å². The van der Waals surface area contributed by atoms with Gasteiger partial charge >= 0.3 is 18.1 Å². The topological polar surface area (TPSA) is 377 Å². The number of hydrogen-bond acceptors (Lipinski definition) is 21. The van der Waals surface area contributed by atoms with Crippen LogP contribution in [-0.4, -0.2) is 222 Å². The number of urea groups is 1. The lowest BCUT2D eigenvalue weighted by Crippen LogP contribution is -2.50. The van der Waals surface area contributed by atoms with Gasteiger partial charge in [0.25, 0.3) is 0 Å². The van der Waals surface area contributed by atoms with E-state index < -0.39 is 66.0 Å². The molecule has 1 spiro atoms. The van der Waals surface area contributed by atoms with Gasteiger partial charge in [-0.15, -0.1) is 0 Å². The van der Waals surface area contributed by atoms with E-state index in [0.717, 1.165) is 24.8 Å². The number of alkyl carbamates (subject to hydrolysis) is 1. The van der Waals surface area contributed by atoms with Crippen LogP contribution in [0.5, 0.6) is 0 Å². The molecule has 568 valence electrons. The molecule has 0 bridgehead atoms. The lowest BCUT2D eigenvalue weighted by molar-refractivity contribution is -0.145. The second-order valence-corrected chi connectivity index (χ2v) is 27.5. The van der Waals surface area contributed by atoms with Gasteiger partial charge < -0.3 is 94.8 Å². The fourth-order valence-corrected chi connectivity index (χ4v) is 12.4. The summed E-state index contributed by atoms with van der Waals surface area (Å²) in [5.74, 6) is -2.57. The average molecular weight is 1540 g/mol. The van der Waals surface area contributed by atoms with Crippen molar-refractivity contribution in [3.05, 3.63) is 65.8 Å². The number of primary amides is 1. The monoisotopic (exact) mass is 1540 g/mol. The normalized spacial score (nSPS) is 23.7. The van der Waals surface area contributed by atoms with Crippen molar-refractivity contribution in [3.8, 4) is 0 Å². The number of alkyl halides is 1. The summed E-state index contributed by atoms with van der Waals surface area (Å²) in [6, 6.07) is 4.88. The van der Waals surface area contributed by atoms with Crippen molar-refractivity contribution in [2.45, 2.75) is 199 Å². The van der Waals surface area contributed by atoms with Crippen LogP contribution >= 0.6 is 22.6 Å². The van der Waals surface area contributed by atoms with Crippen molar-refractivity contribution < 1.29 is 100 Å². The maximum atomic E-state index is 13.8. The lowest BCUT2D eigenvalue weighted by atomic mass is 9.81. The number of aliphatic hydroxyl groups is 1. The number of benzene rings is 1. The van der Waals surface area contributed by atoms with Crippen LogP contribution in [0.2, 0.25) is 0 Å². The largest absolute Gasteiger partial charge is 0.459 e. The van der Waals surface area contributed by atoms with Gasteiger partial charge in [-0.2, -0.15) is 0 Å². The summed E-state index contributed by atoms with van der Waals surface area (Å²) in [7, 11) is 0. The fraction of sp³-hybridized carbons (Fsp3) is 0.708. The van der Waals surface area contributed by atoms with Gasteiger partial charge in [0.15, 0.2) is 5.78 Å². The molecular weight excluding hydrogens is 1430 g/mol. The number of hydrogen-bond donors (Lipinski definition) is 8. The highest BCUT2D eigenvalue weighted by Gasteiger charge is 2.58. The van der Waals surface area contributed by atoms with Gasteiger partial charge in [0, 0.05) is 75.8 Å². The van der Waals surface area contributed by atoms with Gasteiger partial charge in [-0.3, -0.25) is 33.6 Å². The van der Waals surface area contributed by atoms with E-state index in [1.807, 2.05) is 48.6 Å². The Morgan fingerprint density at radius 3 is 1.98 bits per heavy atom. The molecule has 28 nitrogen and oxygen atoms in total. The third-order valence-electron chi connectivity index (χ3n) is 17.9. The van der Waals surface area contributed by atoms with Crippen LogP contribution in [0, 0.1) is 23.7 Å². The van der Waals surface area contributed by atoms with Gasteiger partial charge in [-0.05, 0) is 114 Å². The second kappa shape index (κ2) is 47.4. The highest BCUT2D eigenvalue weighted by Crippen LogP contribution is 2.44. The zero-order valence-electron chi connectivity index (χ0n) is 60.0. The summed E-state index contributed by atoms with van der Waals surface area (Å²) >= 11 is 2.00. The molecule has 4 aliphatic rings. The standard InChI is InChI=1S/C72H112IN7O21/c1-47(2)67(80-65(85)24-27-91-29-31-93-33-35-95-37-38-96-36-34-94-32-30-92-28-26-75-66(86)44-73)61(83)41-55(9-8-25-76-70(74)89)69(88)77-56-19-15-54(16-20-56)45-97-71(90)78-57-17-13-53(14-18-57)40-58(82)42-59-43-72(46-98-72)68(87)63(101-59)22-11-48(3)10-21-62-49(4)39-60(51(6)100-62)79-64(84)23-12-50(5)99-52(7)81/h10-12,15-16,19-20,22-23,47,49-51,53,55,57,59-60,62-63,67-68,87H,8-9,13-14,17-18,21,24-46H2,1-7H3,(H,75,86)(H,77,88)(H,78,90)(H,79,84)(H,80,85)(H3,74,76,89)/b22-11+,23-12-,48-10+/t49-,50-,51+,53?,55+,57?,59+,60+,62-,63+,67-,68+,72+/m0/s1. The number of amides is 7. The third kappa shape index (κ3) is 34.9. The number of aliphatic hydroxyl groups excluding tert-OH is 1. The van der Waals surface area contributed by atoms with Crippen molar-refractivity contribution in [1.82, 2.24) is 26.6 Å². The van der Waals surface area contributed by atoms with Crippen LogP contribution in [0.3, 0.4) is 0 Å². The molecule has 101 heavy (non-hydrogen) atoms. The average Bonchev–Trinajstić information content (AvgIpc) is 1.61. The summed E-state index contributed by atoms with van der Waals surface area (Å²) in [6.07, 6.45) is 11.1. The first-order valence-corrected chi connectivity index (χ1v) is 37.1. The van der Waals surface area contributed by atoms with E-state index in [1.165, 1.54) is 19.1 Å². The summed E-state index contributed by atoms with van der Waals surface area (Å²) < 4.78 is 62.5. The molecule has 11 atom stereocenters. The molecule has 5 rings (SSSR count). The van der Waals surface area contributed by atoms with E-state index in [2.05, 4.69) is 44.9 Å². The maximum absolute atomic E-state index is 13.8. The minimum atomic E-state index is -0.884. The van der Waals surface area contributed by atoms with Crippen LogP contribution in [0.25, 0.3) is 0 Å². The molecule has 1 aromatic rings. The molecule has 3 aliphatic heterocycles. The Morgan fingerprint density at radius 2 is 1.39 bits per heavy atom. The molecule has 3 saturated heterocycles. The Labute approximate surface area is 608 Å². The number of allylic oxidation sites excluding steroid dienone is 2. The molecule has 0 unspecified atom stereocenters. The van der Waals surface area contributed by atoms with E-state index in [9.17, 15) is 48.3 Å². The van der Waals surface area contributed by atoms with E-state index in [0.29, 0.717) is 133 Å². The van der Waals surface area contributed by atoms with Crippen LogP contribution in [0.1, 0.15) is 138 Å². The van der Waals surface area contributed by atoms with E-state index in [1.54, 1.807) is 45.0 Å². The number of Topliss-reactive ketones (excluding diaryl/α,β-unsaturated/α-hetero) is 2. The number of nitrogens with two attached hydrogens (primary N) is 1. The molecule has 0 radical (unpaired) electrons. The Kier molecular flexibility index (Phi) is 40.2. The van der Waals surface area contributed by atoms with Crippen molar-refractivity contribution in [3.63, 3.8) is 0 Å². The first kappa shape index (κ1) is 85.6. The highest BCUT2D eigenvalue weighted by molar-refractivity contribution is 14.1. The number of esters is 1. The molecule has 3 heterocycles. The predicted molar refractivity (Wildman–Crippen MR) is 382 cm³/mol. The molecule has 1 saturated carbocycles. The first-order valence-electron chi connectivity index (χ1n) is 35.5. The smallest absolute Gasteiger partial charge is 0.407 e. The van der Waals surface area contributed by atoms with E-state index in [4.69, 9.17) is 57.8 Å². The highest BCUT2D eigenvalue weighted by atomic mass is 127. The quantitative estimate of drug-likeness (QED) is 0.00710. The van der Waals surface area contributed by atoms with Gasteiger partial charge in [0.2, 0.25) is 23.6 Å². The number of nitrogens with one attached hydrogen (secondary N) is 6. The Hall–Kier alpha value is -6.00. The molecule has 0 aromatic heterocycles. The minimum absolute atomic E-state index is 0.00155. The summed E-state index contributed by atoms with van der Waals surface area (Å²) in [5, 5.41) is 28.2. The van der Waals surface area contributed by atoms with Gasteiger partial charge in [0.05, 0.1) is 121 Å². The zero-order chi connectivity index (χ0) is 73.5. The number of ether oxygens (including phenoxy) is 11. The van der Waals surface area contributed by atoms with Crippen molar-refractivity contribution in [2.75, 3.05) is 109 Å². The number of epoxide rings is 1. The van der Waals surface area contributed by atoms with Gasteiger partial charge in [-0.25, -0.2) is 9.59 Å². The fourth-order valence-electron chi connectivity index (χ4n) is 12.1. The van der Waals surface area contributed by atoms with Gasteiger partial charge in [-0.1, -0.05) is 79.3 Å². The SMILES string of the molecule is CC(=O)O[C@@H](C)/C=C\C(=O)N[C@@H]1C[C@H](C)[C@H](C/C=C(C)/C=C/[C@H]2O[C@H](CC(=O)CC3CCC(NC(=O)OCc4ccc(NC(=O)[C@H](CCCNC(N)=O)CC(=O)[C@@H](NC(=O)CCOCCOCCOCCOCCOCCOCCNC(=O)CI)C(C)C)cc4)CC3)C[C@@]3(CO3)[C@@H]2O)O[C@@H]1C. The number of halogens is 1. The van der Waals surface area contributed by atoms with Crippen LogP contribution in [0.15, 0.2) is 60.2 Å². The molecule has 29 heteroatoms. The van der Waals surface area contributed by atoms with Crippen LogP contribution < -0.4 is 37.6 Å². The predicted octanol–water partition coefficient (Wildman–Crippen LogP) is 5.95. The Bertz CT molecular complexity index is 2820. The number of rotatable bonds is 48. The summed E-state index contributed by atoms with van der Waals surface area (Å²) in [5.41, 5.74) is 6.59. The number of ketones is 2. The molecule has 9 N–H and O–H groups in total. The first-order chi connectivity index (χ1) is 48.4. The maximum Gasteiger partial charge on any atom is 0.407 e. The van der Waals surface area contributed by atoms with Crippen molar-refractivity contribution in [2.24, 2.45) is 29.4 Å². The van der Waals surface area contributed by atoms with Crippen LogP contribution in [0.4, 0.5) is 15.3 Å². The molecule has 7 amide bonds. The van der Waals surface area contributed by atoms with Crippen molar-refractivity contribution in [1.29, 1.82) is 0 Å². The van der Waals surface area contributed by atoms with E-state index >= 15 is 0 Å². The van der Waals surface area contributed by atoms with Crippen molar-refractivity contribution >= 4 is 81.6 Å². The summed E-state index contributed by atoms with van der Waals surface area (Å²) in [4.78, 5) is 114. The third-order valence-corrected chi connectivity index (χ3v) is 18.5. The molecular formula is C72H112IN7O21. The number of anilines is 1. The Balaban J connectivity index is 0.941. The second-order valence-electron chi connectivity index (χ2n) is 26.7. The molecule has 4 fully saturated rings. The molecule has 1 aromatic carbocycles. The zero-order valence-corrected chi connectivity index (χ0v) is 62.1. The minimum Gasteiger partial charge on any atom is -0.459 e. The Morgan fingerprint density at radius 1 is 0.762 bits per heavy atom. The lowest BCUT2D eigenvalue weighted by Gasteiger charge is -2.39. The molecule has 1 aliphatic carbocycles.